The Bertz CT molecular complexity index is 958. The zero-order chi connectivity index (χ0) is 17.4. The molecular formula is C19H20N4OS. The fraction of sp³-hybridized carbons (Fsp3) is 0.263. The van der Waals surface area contributed by atoms with Gasteiger partial charge in [0.15, 0.2) is 0 Å². The van der Waals surface area contributed by atoms with Crippen LogP contribution in [-0.2, 0) is 19.5 Å². The van der Waals surface area contributed by atoms with Crippen LogP contribution in [0, 0.1) is 6.92 Å². The third-order valence-corrected chi connectivity index (χ3v) is 5.49. The first-order chi connectivity index (χ1) is 12.1. The third kappa shape index (κ3) is 3.36. The molecule has 0 radical (unpaired) electrons. The Morgan fingerprint density at radius 3 is 2.76 bits per heavy atom. The number of benzene rings is 1. The number of rotatable bonds is 3. The van der Waals surface area contributed by atoms with Crippen molar-refractivity contribution in [2.45, 2.75) is 26.4 Å². The molecule has 5 nitrogen and oxygen atoms in total. The molecule has 3 heterocycles. The summed E-state index contributed by atoms with van der Waals surface area (Å²) in [7, 11) is 0. The van der Waals surface area contributed by atoms with Crippen molar-refractivity contribution in [3.05, 3.63) is 67.8 Å². The molecule has 0 aliphatic carbocycles. The van der Waals surface area contributed by atoms with Gasteiger partial charge in [0.05, 0.1) is 11.3 Å². The van der Waals surface area contributed by atoms with Crippen LogP contribution in [0.15, 0.2) is 41.2 Å². The van der Waals surface area contributed by atoms with E-state index >= 15 is 0 Å². The van der Waals surface area contributed by atoms with Gasteiger partial charge in [0.2, 0.25) is 0 Å². The summed E-state index contributed by atoms with van der Waals surface area (Å²) in [6.45, 7) is 4.57. The smallest absolute Gasteiger partial charge is 0.255 e. The molecule has 0 amide bonds. The molecule has 0 saturated carbocycles. The number of hydrogen-bond donors (Lipinski definition) is 2. The number of fused-ring (bicyclic) bond motifs is 1. The number of aromatic amines is 1. The molecule has 0 unspecified atom stereocenters. The van der Waals surface area contributed by atoms with Crippen LogP contribution < -0.4 is 11.3 Å². The van der Waals surface area contributed by atoms with Crippen molar-refractivity contribution in [3.8, 4) is 11.4 Å². The van der Waals surface area contributed by atoms with Crippen LogP contribution in [0.3, 0.4) is 0 Å². The highest BCUT2D eigenvalue weighted by Crippen LogP contribution is 2.22. The second-order valence-electron chi connectivity index (χ2n) is 6.43. The lowest BCUT2D eigenvalue weighted by Crippen LogP contribution is -2.35. The van der Waals surface area contributed by atoms with Crippen molar-refractivity contribution in [3.63, 3.8) is 0 Å². The monoisotopic (exact) mass is 352 g/mol. The second-order valence-corrected chi connectivity index (χ2v) is 7.81. The Hall–Kier alpha value is -2.44. The van der Waals surface area contributed by atoms with Crippen molar-refractivity contribution in [1.29, 1.82) is 0 Å². The first kappa shape index (κ1) is 16.1. The molecule has 0 atom stereocenters. The lowest BCUT2D eigenvalue weighted by Gasteiger charge is -2.27. The van der Waals surface area contributed by atoms with E-state index in [1.54, 1.807) is 0 Å². The fourth-order valence-electron chi connectivity index (χ4n) is 3.18. The van der Waals surface area contributed by atoms with Crippen LogP contribution in [0.5, 0.6) is 0 Å². The number of hydrogen-bond acceptors (Lipinski definition) is 5. The molecule has 25 heavy (non-hydrogen) atoms. The molecule has 0 bridgehead atoms. The number of anilines is 1. The number of H-pyrrole nitrogens is 1. The van der Waals surface area contributed by atoms with Gasteiger partial charge in [0.25, 0.3) is 5.56 Å². The highest BCUT2D eigenvalue weighted by Gasteiger charge is 2.21. The van der Waals surface area contributed by atoms with E-state index in [4.69, 9.17) is 10.7 Å². The lowest BCUT2D eigenvalue weighted by atomic mass is 10.1. The van der Waals surface area contributed by atoms with Crippen molar-refractivity contribution in [2.24, 2.45) is 0 Å². The van der Waals surface area contributed by atoms with E-state index in [0.29, 0.717) is 18.1 Å². The molecule has 2 aromatic heterocycles. The van der Waals surface area contributed by atoms with Gasteiger partial charge in [-0.2, -0.15) is 0 Å². The van der Waals surface area contributed by atoms with Gasteiger partial charge in [0, 0.05) is 47.1 Å². The number of nitrogens with zero attached hydrogens (tertiary/aromatic N) is 2. The normalized spacial score (nSPS) is 14.4. The maximum atomic E-state index is 12.6. The molecule has 0 fully saturated rings. The third-order valence-electron chi connectivity index (χ3n) is 4.51. The van der Waals surface area contributed by atoms with Gasteiger partial charge in [-0.15, -0.1) is 11.3 Å². The van der Waals surface area contributed by atoms with E-state index in [1.807, 2.05) is 35.6 Å². The van der Waals surface area contributed by atoms with E-state index in [0.717, 1.165) is 36.3 Å². The minimum absolute atomic E-state index is 0.0381. The number of nitrogen functional groups attached to an aromatic ring is 1. The largest absolute Gasteiger partial charge is 0.399 e. The minimum atomic E-state index is -0.0381. The number of nitrogens with two attached hydrogens (primary N) is 1. The predicted octanol–water partition coefficient (Wildman–Crippen LogP) is 2.95. The van der Waals surface area contributed by atoms with Gasteiger partial charge in [-0.25, -0.2) is 4.98 Å². The van der Waals surface area contributed by atoms with E-state index < -0.39 is 0 Å². The maximum Gasteiger partial charge on any atom is 0.255 e. The van der Waals surface area contributed by atoms with Gasteiger partial charge in [0.1, 0.15) is 5.82 Å². The summed E-state index contributed by atoms with van der Waals surface area (Å²) in [5.74, 6) is 0.617. The summed E-state index contributed by atoms with van der Waals surface area (Å²) in [6.07, 6.45) is 0.797. The highest BCUT2D eigenvalue weighted by molar-refractivity contribution is 7.11. The molecule has 3 aromatic rings. The summed E-state index contributed by atoms with van der Waals surface area (Å²) in [6, 6.07) is 11.7. The molecule has 4 rings (SSSR count). The first-order valence-corrected chi connectivity index (χ1v) is 9.16. The Morgan fingerprint density at radius 1 is 1.24 bits per heavy atom. The van der Waals surface area contributed by atoms with E-state index in [1.165, 1.54) is 9.75 Å². The number of nitrogens with one attached hydrogen (secondary N) is 1. The van der Waals surface area contributed by atoms with E-state index in [2.05, 4.69) is 28.9 Å². The molecule has 128 valence electrons. The zero-order valence-electron chi connectivity index (χ0n) is 14.1. The van der Waals surface area contributed by atoms with E-state index in [-0.39, 0.29) is 5.56 Å². The SMILES string of the molecule is Cc1ccc(CN2CCc3nc(-c4ccc(N)cc4)[nH]c(=O)c3C2)s1. The Kier molecular flexibility index (Phi) is 4.15. The summed E-state index contributed by atoms with van der Waals surface area (Å²) >= 11 is 1.81. The Labute approximate surface area is 150 Å². The highest BCUT2D eigenvalue weighted by atomic mass is 32.1. The van der Waals surface area contributed by atoms with Crippen molar-refractivity contribution >= 4 is 17.0 Å². The van der Waals surface area contributed by atoms with Crippen molar-refractivity contribution in [1.82, 2.24) is 14.9 Å². The molecule has 6 heteroatoms. The molecule has 0 spiro atoms. The molecule has 1 aromatic carbocycles. The van der Waals surface area contributed by atoms with Crippen LogP contribution in [-0.4, -0.2) is 21.4 Å². The second kappa shape index (κ2) is 6.46. The number of thiophene rings is 1. The van der Waals surface area contributed by atoms with Gasteiger partial charge >= 0.3 is 0 Å². The van der Waals surface area contributed by atoms with Crippen LogP contribution >= 0.6 is 11.3 Å². The van der Waals surface area contributed by atoms with E-state index in [9.17, 15) is 4.79 Å². The zero-order valence-corrected chi connectivity index (χ0v) is 14.9. The average Bonchev–Trinajstić information content (AvgIpc) is 3.01. The van der Waals surface area contributed by atoms with Gasteiger partial charge in [-0.1, -0.05) is 0 Å². The average molecular weight is 352 g/mol. The topological polar surface area (TPSA) is 75.0 Å². The fourth-order valence-corrected chi connectivity index (χ4v) is 4.12. The van der Waals surface area contributed by atoms with Crippen LogP contribution in [0.4, 0.5) is 5.69 Å². The van der Waals surface area contributed by atoms with Gasteiger partial charge in [-0.05, 0) is 43.3 Å². The molecule has 0 saturated heterocycles. The molecule has 1 aliphatic heterocycles. The van der Waals surface area contributed by atoms with Gasteiger partial charge in [-0.3, -0.25) is 9.69 Å². The summed E-state index contributed by atoms with van der Waals surface area (Å²) in [5, 5.41) is 0. The summed E-state index contributed by atoms with van der Waals surface area (Å²) < 4.78 is 0. The standard InChI is InChI=1S/C19H20N4OS/c1-12-2-7-15(25-12)10-23-9-8-17-16(11-23)19(24)22-18(21-17)13-3-5-14(20)6-4-13/h2-7H,8-11,20H2,1H3,(H,21,22,24). The first-order valence-electron chi connectivity index (χ1n) is 8.34. The minimum Gasteiger partial charge on any atom is -0.399 e. The molecule has 3 N–H and O–H groups in total. The number of aryl methyl sites for hydroxylation is 1. The summed E-state index contributed by atoms with van der Waals surface area (Å²) in [4.78, 5) is 25.2. The summed E-state index contributed by atoms with van der Waals surface area (Å²) in [5.41, 5.74) is 8.97. The molecule has 1 aliphatic rings. The Morgan fingerprint density at radius 2 is 2.04 bits per heavy atom. The van der Waals surface area contributed by atoms with Crippen LogP contribution in [0.2, 0.25) is 0 Å². The van der Waals surface area contributed by atoms with Crippen LogP contribution in [0.25, 0.3) is 11.4 Å². The quantitative estimate of drug-likeness (QED) is 0.711. The maximum absolute atomic E-state index is 12.6. The van der Waals surface area contributed by atoms with Crippen LogP contribution in [0.1, 0.15) is 21.0 Å². The predicted molar refractivity (Wildman–Crippen MR) is 102 cm³/mol. The van der Waals surface area contributed by atoms with Crippen molar-refractivity contribution < 1.29 is 0 Å². The Balaban J connectivity index is 1.59. The molecular weight excluding hydrogens is 332 g/mol. The lowest BCUT2D eigenvalue weighted by molar-refractivity contribution is 0.244. The van der Waals surface area contributed by atoms with Gasteiger partial charge < -0.3 is 10.7 Å². The number of aromatic nitrogens is 2. The van der Waals surface area contributed by atoms with Crippen molar-refractivity contribution in [2.75, 3.05) is 12.3 Å².